The van der Waals surface area contributed by atoms with E-state index < -0.39 is 17.6 Å². The van der Waals surface area contributed by atoms with E-state index in [1.165, 1.54) is 12.1 Å². The molecule has 1 saturated heterocycles. The largest absolute Gasteiger partial charge is 0.348 e. The minimum atomic E-state index is -0.700. The van der Waals surface area contributed by atoms with Crippen LogP contribution in [0.1, 0.15) is 34.3 Å². The fraction of sp³-hybridized carbons (Fsp3) is 0.348. The lowest BCUT2D eigenvalue weighted by atomic mass is 9.96. The molecular weight excluding hydrogens is 385 g/mol. The molecule has 158 valence electrons. The van der Waals surface area contributed by atoms with E-state index in [1.54, 1.807) is 23.1 Å². The second-order valence-corrected chi connectivity index (χ2v) is 7.70. The fourth-order valence-electron chi connectivity index (χ4n) is 3.60. The third-order valence-corrected chi connectivity index (χ3v) is 5.39. The predicted molar refractivity (Wildman–Crippen MR) is 113 cm³/mol. The number of aryl methyl sites for hydroxylation is 2. The van der Waals surface area contributed by atoms with Gasteiger partial charge in [-0.3, -0.25) is 14.4 Å². The number of amides is 3. The van der Waals surface area contributed by atoms with Crippen molar-refractivity contribution in [1.29, 1.82) is 0 Å². The van der Waals surface area contributed by atoms with E-state index in [9.17, 15) is 18.8 Å². The highest BCUT2D eigenvalue weighted by Crippen LogP contribution is 2.20. The summed E-state index contributed by atoms with van der Waals surface area (Å²) in [6, 6.07) is 11.5. The van der Waals surface area contributed by atoms with Gasteiger partial charge in [-0.05, 0) is 56.4 Å². The Kier molecular flexibility index (Phi) is 6.82. The number of hydrogen-bond acceptors (Lipinski definition) is 3. The molecule has 2 aromatic rings. The van der Waals surface area contributed by atoms with Crippen LogP contribution >= 0.6 is 0 Å². The maximum absolute atomic E-state index is 13.8. The molecule has 1 fully saturated rings. The fourth-order valence-corrected chi connectivity index (χ4v) is 3.60. The van der Waals surface area contributed by atoms with Crippen LogP contribution in [0.4, 0.5) is 10.1 Å². The smallest absolute Gasteiger partial charge is 0.313 e. The van der Waals surface area contributed by atoms with Crippen LogP contribution < -0.4 is 10.6 Å². The van der Waals surface area contributed by atoms with Crippen molar-refractivity contribution in [3.05, 3.63) is 65.0 Å². The standard InChI is InChI=1S/C23H26FN3O3/c1-15-7-8-20(16(2)13-15)26-22(29)21(28)25-14-17-9-11-27(12-10-17)23(30)18-5-3-4-6-19(18)24/h3-8,13,17H,9-12,14H2,1-2H3,(H,25,28)(H,26,29). The Morgan fingerprint density at radius 3 is 2.40 bits per heavy atom. The molecule has 2 aromatic carbocycles. The molecule has 1 heterocycles. The number of anilines is 1. The normalized spacial score (nSPS) is 14.3. The molecule has 0 unspecified atom stereocenters. The summed E-state index contributed by atoms with van der Waals surface area (Å²) in [7, 11) is 0. The highest BCUT2D eigenvalue weighted by atomic mass is 19.1. The lowest BCUT2D eigenvalue weighted by Gasteiger charge is -2.32. The molecule has 0 aliphatic carbocycles. The lowest BCUT2D eigenvalue weighted by molar-refractivity contribution is -0.136. The molecule has 3 amide bonds. The predicted octanol–water partition coefficient (Wildman–Crippen LogP) is 3.05. The molecule has 1 aliphatic rings. The molecule has 3 rings (SSSR count). The van der Waals surface area contributed by atoms with Gasteiger partial charge in [-0.1, -0.05) is 29.8 Å². The molecular formula is C23H26FN3O3. The number of piperidine rings is 1. The quantitative estimate of drug-likeness (QED) is 0.759. The SMILES string of the molecule is Cc1ccc(NC(=O)C(=O)NCC2CCN(C(=O)c3ccccc3F)CC2)c(C)c1. The monoisotopic (exact) mass is 411 g/mol. The molecule has 6 nitrogen and oxygen atoms in total. The number of benzene rings is 2. The molecule has 30 heavy (non-hydrogen) atoms. The average molecular weight is 411 g/mol. The van der Waals surface area contributed by atoms with Crippen LogP contribution in [0.5, 0.6) is 0 Å². The van der Waals surface area contributed by atoms with E-state index in [-0.39, 0.29) is 17.4 Å². The van der Waals surface area contributed by atoms with Gasteiger partial charge in [0.2, 0.25) is 0 Å². The molecule has 1 aliphatic heterocycles. The van der Waals surface area contributed by atoms with Gasteiger partial charge in [0.25, 0.3) is 5.91 Å². The van der Waals surface area contributed by atoms with Crippen LogP contribution in [0.25, 0.3) is 0 Å². The van der Waals surface area contributed by atoms with Crippen molar-refractivity contribution in [1.82, 2.24) is 10.2 Å². The average Bonchev–Trinajstić information content (AvgIpc) is 2.74. The summed E-state index contributed by atoms with van der Waals surface area (Å²) >= 11 is 0. The number of nitrogens with zero attached hydrogens (tertiary/aromatic N) is 1. The highest BCUT2D eigenvalue weighted by Gasteiger charge is 2.26. The molecule has 0 radical (unpaired) electrons. The molecule has 0 spiro atoms. The first-order chi connectivity index (χ1) is 14.3. The number of carbonyl (C=O) groups is 3. The van der Waals surface area contributed by atoms with E-state index in [2.05, 4.69) is 10.6 Å². The van der Waals surface area contributed by atoms with Gasteiger partial charge >= 0.3 is 11.8 Å². The maximum atomic E-state index is 13.8. The Morgan fingerprint density at radius 1 is 1.03 bits per heavy atom. The van der Waals surface area contributed by atoms with Crippen LogP contribution in [-0.2, 0) is 9.59 Å². The zero-order chi connectivity index (χ0) is 21.7. The van der Waals surface area contributed by atoms with Crippen molar-refractivity contribution in [3.8, 4) is 0 Å². The molecule has 2 N–H and O–H groups in total. The van der Waals surface area contributed by atoms with Gasteiger partial charge < -0.3 is 15.5 Å². The van der Waals surface area contributed by atoms with Crippen molar-refractivity contribution < 1.29 is 18.8 Å². The van der Waals surface area contributed by atoms with Crippen LogP contribution in [-0.4, -0.2) is 42.3 Å². The number of rotatable bonds is 4. The van der Waals surface area contributed by atoms with E-state index >= 15 is 0 Å². The molecule has 0 aromatic heterocycles. The Morgan fingerprint density at radius 2 is 1.73 bits per heavy atom. The number of hydrogen-bond donors (Lipinski definition) is 2. The number of halogens is 1. The van der Waals surface area contributed by atoms with Gasteiger partial charge in [-0.2, -0.15) is 0 Å². The summed E-state index contributed by atoms with van der Waals surface area (Å²) < 4.78 is 13.8. The first-order valence-electron chi connectivity index (χ1n) is 10.1. The number of likely N-dealkylation sites (tertiary alicyclic amines) is 1. The van der Waals surface area contributed by atoms with Crippen LogP contribution in [0.3, 0.4) is 0 Å². The molecule has 0 saturated carbocycles. The van der Waals surface area contributed by atoms with E-state index in [0.29, 0.717) is 38.2 Å². The summed E-state index contributed by atoms with van der Waals surface area (Å²) in [5.41, 5.74) is 2.66. The number of carbonyl (C=O) groups excluding carboxylic acids is 3. The lowest BCUT2D eigenvalue weighted by Crippen LogP contribution is -2.43. The summed E-state index contributed by atoms with van der Waals surface area (Å²) in [6.07, 6.45) is 1.36. The Bertz CT molecular complexity index is 952. The van der Waals surface area contributed by atoms with Crippen molar-refractivity contribution in [2.24, 2.45) is 5.92 Å². The van der Waals surface area contributed by atoms with Gasteiger partial charge in [-0.25, -0.2) is 4.39 Å². The first-order valence-corrected chi connectivity index (χ1v) is 10.1. The van der Waals surface area contributed by atoms with Crippen molar-refractivity contribution in [2.75, 3.05) is 25.0 Å². The van der Waals surface area contributed by atoms with Crippen LogP contribution in [0.2, 0.25) is 0 Å². The highest BCUT2D eigenvalue weighted by molar-refractivity contribution is 6.39. The maximum Gasteiger partial charge on any atom is 0.313 e. The summed E-state index contributed by atoms with van der Waals surface area (Å²) in [5, 5.41) is 5.30. The Hall–Kier alpha value is -3.22. The summed E-state index contributed by atoms with van der Waals surface area (Å²) in [6.45, 7) is 5.17. The van der Waals surface area contributed by atoms with E-state index in [0.717, 1.165) is 11.1 Å². The third-order valence-electron chi connectivity index (χ3n) is 5.39. The Balaban J connectivity index is 1.45. The van der Waals surface area contributed by atoms with Crippen LogP contribution in [0.15, 0.2) is 42.5 Å². The molecule has 0 bridgehead atoms. The zero-order valence-corrected chi connectivity index (χ0v) is 17.2. The third kappa shape index (κ3) is 5.23. The van der Waals surface area contributed by atoms with Crippen molar-refractivity contribution in [2.45, 2.75) is 26.7 Å². The molecule has 7 heteroatoms. The summed E-state index contributed by atoms with van der Waals surface area (Å²) in [5.74, 6) is -2.06. The van der Waals surface area contributed by atoms with E-state index in [4.69, 9.17) is 0 Å². The minimum Gasteiger partial charge on any atom is -0.348 e. The topological polar surface area (TPSA) is 78.5 Å². The van der Waals surface area contributed by atoms with Crippen LogP contribution in [0, 0.1) is 25.6 Å². The van der Waals surface area contributed by atoms with Crippen molar-refractivity contribution >= 4 is 23.4 Å². The van der Waals surface area contributed by atoms with Gasteiger partial charge in [0, 0.05) is 25.3 Å². The van der Waals surface area contributed by atoms with Gasteiger partial charge in [0.15, 0.2) is 0 Å². The van der Waals surface area contributed by atoms with Gasteiger partial charge in [-0.15, -0.1) is 0 Å². The zero-order valence-electron chi connectivity index (χ0n) is 17.2. The molecule has 0 atom stereocenters. The Labute approximate surface area is 175 Å². The minimum absolute atomic E-state index is 0.0762. The first kappa shape index (κ1) is 21.5. The van der Waals surface area contributed by atoms with Gasteiger partial charge in [0.1, 0.15) is 5.82 Å². The van der Waals surface area contributed by atoms with Gasteiger partial charge in [0.05, 0.1) is 5.56 Å². The second-order valence-electron chi connectivity index (χ2n) is 7.70. The second kappa shape index (κ2) is 9.52. The van der Waals surface area contributed by atoms with Crippen molar-refractivity contribution in [3.63, 3.8) is 0 Å². The van der Waals surface area contributed by atoms with E-state index in [1.807, 2.05) is 26.0 Å². The summed E-state index contributed by atoms with van der Waals surface area (Å²) in [4.78, 5) is 38.4. The number of nitrogens with one attached hydrogen (secondary N) is 2.